The first-order valence-corrected chi connectivity index (χ1v) is 6.63. The number of hydrogen-bond acceptors (Lipinski definition) is 2. The fourth-order valence-electron chi connectivity index (χ4n) is 2.57. The van der Waals surface area contributed by atoms with Crippen LogP contribution in [-0.4, -0.2) is 31.1 Å². The van der Waals surface area contributed by atoms with Crippen LogP contribution < -0.4 is 5.32 Å². The summed E-state index contributed by atoms with van der Waals surface area (Å²) in [7, 11) is 0. The zero-order chi connectivity index (χ0) is 12.1. The van der Waals surface area contributed by atoms with Crippen LogP contribution in [0.4, 0.5) is 0 Å². The van der Waals surface area contributed by atoms with Gasteiger partial charge in [0.05, 0.1) is 0 Å². The van der Waals surface area contributed by atoms with Crippen molar-refractivity contribution in [3.05, 3.63) is 35.9 Å². The van der Waals surface area contributed by atoms with Gasteiger partial charge in [-0.1, -0.05) is 44.2 Å². The van der Waals surface area contributed by atoms with Gasteiger partial charge in [0.25, 0.3) is 0 Å². The second kappa shape index (κ2) is 5.65. The lowest BCUT2D eigenvalue weighted by Crippen LogP contribution is -2.44. The number of benzene rings is 1. The Morgan fingerprint density at radius 2 is 2.00 bits per heavy atom. The zero-order valence-corrected chi connectivity index (χ0v) is 11.1. The highest BCUT2D eigenvalue weighted by atomic mass is 15.1. The molecule has 0 atom stereocenters. The Balaban J connectivity index is 1.98. The summed E-state index contributed by atoms with van der Waals surface area (Å²) in [4.78, 5) is 2.59. The van der Waals surface area contributed by atoms with Crippen LogP contribution in [-0.2, 0) is 6.54 Å². The molecule has 0 amide bonds. The second-order valence-electron chi connectivity index (χ2n) is 5.89. The zero-order valence-electron chi connectivity index (χ0n) is 11.1. The van der Waals surface area contributed by atoms with Crippen molar-refractivity contribution in [1.82, 2.24) is 10.2 Å². The molecule has 1 aromatic rings. The van der Waals surface area contributed by atoms with Crippen molar-refractivity contribution in [2.45, 2.75) is 26.8 Å². The van der Waals surface area contributed by atoms with E-state index in [1.165, 1.54) is 25.1 Å². The van der Waals surface area contributed by atoms with E-state index < -0.39 is 0 Å². The standard InChI is InChI=1S/C15H24N2/c1-15(2)12-16-9-6-10-17(13-15)11-14-7-4-3-5-8-14/h3-5,7-8,16H,6,9-13H2,1-2H3. The van der Waals surface area contributed by atoms with Crippen molar-refractivity contribution < 1.29 is 0 Å². The summed E-state index contributed by atoms with van der Waals surface area (Å²) in [5, 5.41) is 3.54. The molecular weight excluding hydrogens is 208 g/mol. The third-order valence-corrected chi connectivity index (χ3v) is 3.33. The van der Waals surface area contributed by atoms with Crippen LogP contribution in [0.5, 0.6) is 0 Å². The molecule has 1 aliphatic rings. The Labute approximate surface area is 105 Å². The van der Waals surface area contributed by atoms with Gasteiger partial charge in [0.15, 0.2) is 0 Å². The molecule has 2 nitrogen and oxygen atoms in total. The maximum absolute atomic E-state index is 3.54. The van der Waals surface area contributed by atoms with E-state index in [0.717, 1.165) is 19.6 Å². The van der Waals surface area contributed by atoms with E-state index in [1.807, 2.05) is 0 Å². The molecule has 94 valence electrons. The summed E-state index contributed by atoms with van der Waals surface area (Å²) in [5.41, 5.74) is 1.80. The normalized spacial score (nSPS) is 21.8. The fourth-order valence-corrected chi connectivity index (χ4v) is 2.57. The van der Waals surface area contributed by atoms with Gasteiger partial charge in [0, 0.05) is 19.6 Å². The molecule has 0 aliphatic carbocycles. The molecule has 1 fully saturated rings. The molecule has 0 unspecified atom stereocenters. The summed E-state index contributed by atoms with van der Waals surface area (Å²) < 4.78 is 0. The smallest absolute Gasteiger partial charge is 0.0233 e. The fraction of sp³-hybridized carbons (Fsp3) is 0.600. The van der Waals surface area contributed by atoms with E-state index in [0.29, 0.717) is 5.41 Å². The van der Waals surface area contributed by atoms with E-state index in [-0.39, 0.29) is 0 Å². The van der Waals surface area contributed by atoms with Gasteiger partial charge in [-0.3, -0.25) is 4.90 Å². The molecule has 1 aliphatic heterocycles. The molecule has 1 heterocycles. The first-order chi connectivity index (χ1) is 8.16. The van der Waals surface area contributed by atoms with E-state index in [9.17, 15) is 0 Å². The minimum absolute atomic E-state index is 0.370. The lowest BCUT2D eigenvalue weighted by atomic mass is 9.91. The molecule has 1 aromatic carbocycles. The van der Waals surface area contributed by atoms with Crippen molar-refractivity contribution in [3.63, 3.8) is 0 Å². The van der Waals surface area contributed by atoms with Gasteiger partial charge >= 0.3 is 0 Å². The van der Waals surface area contributed by atoms with Gasteiger partial charge in [-0.05, 0) is 30.5 Å². The maximum atomic E-state index is 3.54. The van der Waals surface area contributed by atoms with E-state index in [1.54, 1.807) is 0 Å². The van der Waals surface area contributed by atoms with Crippen molar-refractivity contribution >= 4 is 0 Å². The number of hydrogen-bond donors (Lipinski definition) is 1. The number of nitrogens with zero attached hydrogens (tertiary/aromatic N) is 1. The average Bonchev–Trinajstić information content (AvgIpc) is 2.27. The van der Waals surface area contributed by atoms with E-state index in [2.05, 4.69) is 54.4 Å². The minimum atomic E-state index is 0.370. The summed E-state index contributed by atoms with van der Waals surface area (Å²) >= 11 is 0. The molecule has 0 spiro atoms. The van der Waals surface area contributed by atoms with Crippen LogP contribution in [0.1, 0.15) is 25.8 Å². The first kappa shape index (κ1) is 12.6. The summed E-state index contributed by atoms with van der Waals surface area (Å²) in [6, 6.07) is 10.8. The van der Waals surface area contributed by atoms with Crippen molar-refractivity contribution in [2.24, 2.45) is 5.41 Å². The van der Waals surface area contributed by atoms with E-state index >= 15 is 0 Å². The molecule has 0 radical (unpaired) electrons. The summed E-state index contributed by atoms with van der Waals surface area (Å²) in [6.45, 7) is 10.4. The largest absolute Gasteiger partial charge is 0.316 e. The van der Waals surface area contributed by atoms with Gasteiger partial charge in [-0.15, -0.1) is 0 Å². The van der Waals surface area contributed by atoms with Crippen molar-refractivity contribution in [1.29, 1.82) is 0 Å². The van der Waals surface area contributed by atoms with Crippen LogP contribution in [0.25, 0.3) is 0 Å². The van der Waals surface area contributed by atoms with Crippen LogP contribution in [0.2, 0.25) is 0 Å². The number of rotatable bonds is 2. The Bertz CT molecular complexity index is 332. The second-order valence-corrected chi connectivity index (χ2v) is 5.89. The SMILES string of the molecule is CC1(C)CNCCCN(Cc2ccccc2)C1. The molecule has 2 heteroatoms. The van der Waals surface area contributed by atoms with Gasteiger partial charge in [0.1, 0.15) is 0 Å². The van der Waals surface area contributed by atoms with Gasteiger partial charge in [0.2, 0.25) is 0 Å². The average molecular weight is 232 g/mol. The molecule has 0 aromatic heterocycles. The highest BCUT2D eigenvalue weighted by Crippen LogP contribution is 2.19. The highest BCUT2D eigenvalue weighted by Gasteiger charge is 2.23. The Hall–Kier alpha value is -0.860. The van der Waals surface area contributed by atoms with Crippen LogP contribution in [0.3, 0.4) is 0 Å². The molecule has 1 saturated heterocycles. The van der Waals surface area contributed by atoms with Gasteiger partial charge in [-0.2, -0.15) is 0 Å². The molecule has 2 rings (SSSR count). The third-order valence-electron chi connectivity index (χ3n) is 3.33. The summed E-state index contributed by atoms with van der Waals surface area (Å²) in [6.07, 6.45) is 1.25. The predicted octanol–water partition coefficient (Wildman–Crippen LogP) is 2.51. The number of nitrogens with one attached hydrogen (secondary N) is 1. The maximum Gasteiger partial charge on any atom is 0.0233 e. The molecular formula is C15H24N2. The molecule has 0 bridgehead atoms. The molecule has 17 heavy (non-hydrogen) atoms. The van der Waals surface area contributed by atoms with Crippen molar-refractivity contribution in [3.8, 4) is 0 Å². The Morgan fingerprint density at radius 3 is 2.76 bits per heavy atom. The van der Waals surface area contributed by atoms with Crippen LogP contribution >= 0.6 is 0 Å². The van der Waals surface area contributed by atoms with Crippen molar-refractivity contribution in [2.75, 3.05) is 26.2 Å². The van der Waals surface area contributed by atoms with Crippen LogP contribution in [0.15, 0.2) is 30.3 Å². The van der Waals surface area contributed by atoms with Crippen LogP contribution in [0, 0.1) is 5.41 Å². The molecule has 0 saturated carbocycles. The lowest BCUT2D eigenvalue weighted by molar-refractivity contribution is 0.151. The van der Waals surface area contributed by atoms with E-state index in [4.69, 9.17) is 0 Å². The summed E-state index contributed by atoms with van der Waals surface area (Å²) in [5.74, 6) is 0. The minimum Gasteiger partial charge on any atom is -0.316 e. The predicted molar refractivity (Wildman–Crippen MR) is 73.0 cm³/mol. The Morgan fingerprint density at radius 1 is 1.24 bits per heavy atom. The quantitative estimate of drug-likeness (QED) is 0.843. The van der Waals surface area contributed by atoms with Gasteiger partial charge in [-0.25, -0.2) is 0 Å². The molecule has 1 N–H and O–H groups in total. The Kier molecular flexibility index (Phi) is 4.19. The first-order valence-electron chi connectivity index (χ1n) is 6.63. The monoisotopic (exact) mass is 232 g/mol. The van der Waals surface area contributed by atoms with Gasteiger partial charge < -0.3 is 5.32 Å². The topological polar surface area (TPSA) is 15.3 Å². The highest BCUT2D eigenvalue weighted by molar-refractivity contribution is 5.14. The third kappa shape index (κ3) is 4.14. The lowest BCUT2D eigenvalue weighted by Gasteiger charge is -2.35.